The van der Waals surface area contributed by atoms with Gasteiger partial charge >= 0.3 is 0 Å². The standard InChI is InChI=1S/C20H28N2O4/c23-19(16-4-5-17-18(14-16)26-13-12-25-17)21-15-20(6-2-1-3-7-20)22-8-10-24-11-9-22/h4-5,14H,1-3,6-13,15H2,(H,21,23)/p+1. The van der Waals surface area contributed by atoms with Gasteiger partial charge in [0.1, 0.15) is 31.8 Å². The number of carbonyl (C=O) groups is 1. The second kappa shape index (κ2) is 7.84. The fraction of sp³-hybridized carbons (Fsp3) is 0.650. The fourth-order valence-electron chi connectivity index (χ4n) is 4.57. The third kappa shape index (κ3) is 3.67. The van der Waals surface area contributed by atoms with Gasteiger partial charge in [0, 0.05) is 18.4 Å². The van der Waals surface area contributed by atoms with Crippen molar-refractivity contribution < 1.29 is 23.9 Å². The maximum Gasteiger partial charge on any atom is 0.251 e. The van der Waals surface area contributed by atoms with Crippen LogP contribution in [-0.4, -0.2) is 57.5 Å². The minimum absolute atomic E-state index is 0.0282. The van der Waals surface area contributed by atoms with Crippen LogP contribution in [0.1, 0.15) is 42.5 Å². The Bertz CT molecular complexity index is 637. The van der Waals surface area contributed by atoms with Gasteiger partial charge in [0.05, 0.1) is 19.8 Å². The maximum atomic E-state index is 12.8. The summed E-state index contributed by atoms with van der Waals surface area (Å²) >= 11 is 0. The first-order valence-corrected chi connectivity index (χ1v) is 9.88. The van der Waals surface area contributed by atoms with Gasteiger partial charge < -0.3 is 24.4 Å². The molecule has 0 unspecified atom stereocenters. The highest BCUT2D eigenvalue weighted by Crippen LogP contribution is 2.31. The molecule has 0 atom stereocenters. The lowest BCUT2D eigenvalue weighted by molar-refractivity contribution is -0.960. The topological polar surface area (TPSA) is 61.2 Å². The minimum atomic E-state index is -0.0282. The largest absolute Gasteiger partial charge is 0.486 e. The van der Waals surface area contributed by atoms with Crippen molar-refractivity contribution in [2.75, 3.05) is 46.1 Å². The summed E-state index contributed by atoms with van der Waals surface area (Å²) in [6.45, 7) is 5.56. The SMILES string of the molecule is O=C(NCC1([NH+]2CCOCC2)CCCCC1)c1ccc2c(c1)OCCO2. The predicted octanol–water partition coefficient (Wildman–Crippen LogP) is 0.806. The molecule has 142 valence electrons. The number of amides is 1. The molecule has 2 fully saturated rings. The van der Waals surface area contributed by atoms with Crippen molar-refractivity contribution in [2.45, 2.75) is 37.6 Å². The van der Waals surface area contributed by atoms with E-state index in [0.717, 1.165) is 32.8 Å². The summed E-state index contributed by atoms with van der Waals surface area (Å²) in [7, 11) is 0. The Morgan fingerprint density at radius 2 is 1.73 bits per heavy atom. The van der Waals surface area contributed by atoms with Crippen LogP contribution >= 0.6 is 0 Å². The third-order valence-electron chi connectivity index (χ3n) is 6.05. The average molecular weight is 361 g/mol. The first kappa shape index (κ1) is 17.6. The number of hydrogen-bond donors (Lipinski definition) is 2. The number of hydrogen-bond acceptors (Lipinski definition) is 4. The second-order valence-electron chi connectivity index (χ2n) is 7.60. The Balaban J connectivity index is 1.44. The zero-order valence-corrected chi connectivity index (χ0v) is 15.4. The fourth-order valence-corrected chi connectivity index (χ4v) is 4.57. The van der Waals surface area contributed by atoms with Crippen LogP contribution in [0.2, 0.25) is 0 Å². The van der Waals surface area contributed by atoms with Gasteiger partial charge in [-0.3, -0.25) is 4.79 Å². The van der Waals surface area contributed by atoms with Crippen LogP contribution in [0.25, 0.3) is 0 Å². The Kier molecular flexibility index (Phi) is 5.31. The highest BCUT2D eigenvalue weighted by molar-refractivity contribution is 5.94. The van der Waals surface area contributed by atoms with Crippen LogP contribution < -0.4 is 19.7 Å². The Hall–Kier alpha value is -1.79. The van der Waals surface area contributed by atoms with Crippen LogP contribution in [0.5, 0.6) is 11.5 Å². The quantitative estimate of drug-likeness (QED) is 0.833. The lowest BCUT2D eigenvalue weighted by Crippen LogP contribution is -3.23. The molecule has 3 aliphatic rings. The molecule has 0 aromatic heterocycles. The Morgan fingerprint density at radius 1 is 1.00 bits per heavy atom. The van der Waals surface area contributed by atoms with Crippen molar-refractivity contribution in [3.8, 4) is 11.5 Å². The summed E-state index contributed by atoms with van der Waals surface area (Å²) in [6.07, 6.45) is 6.18. The second-order valence-corrected chi connectivity index (χ2v) is 7.60. The minimum Gasteiger partial charge on any atom is -0.486 e. The van der Waals surface area contributed by atoms with Gasteiger partial charge in [-0.15, -0.1) is 0 Å². The van der Waals surface area contributed by atoms with Crippen LogP contribution in [0.4, 0.5) is 0 Å². The smallest absolute Gasteiger partial charge is 0.251 e. The third-order valence-corrected chi connectivity index (χ3v) is 6.05. The van der Waals surface area contributed by atoms with Crippen molar-refractivity contribution in [2.24, 2.45) is 0 Å². The van der Waals surface area contributed by atoms with E-state index in [1.165, 1.54) is 32.1 Å². The Labute approximate surface area is 154 Å². The van der Waals surface area contributed by atoms with Crippen LogP contribution in [0, 0.1) is 0 Å². The first-order chi connectivity index (χ1) is 12.8. The number of morpholine rings is 1. The van der Waals surface area contributed by atoms with Gasteiger partial charge in [-0.25, -0.2) is 0 Å². The number of carbonyl (C=O) groups excluding carboxylic acids is 1. The van der Waals surface area contributed by atoms with Crippen LogP contribution in [-0.2, 0) is 4.74 Å². The van der Waals surface area contributed by atoms with E-state index in [4.69, 9.17) is 14.2 Å². The number of benzene rings is 1. The van der Waals surface area contributed by atoms with E-state index >= 15 is 0 Å². The normalized spacial score (nSPS) is 22.6. The molecular weight excluding hydrogens is 332 g/mol. The van der Waals surface area contributed by atoms with Crippen LogP contribution in [0.15, 0.2) is 18.2 Å². The molecule has 1 saturated carbocycles. The zero-order valence-electron chi connectivity index (χ0n) is 15.4. The van der Waals surface area contributed by atoms with Crippen molar-refractivity contribution in [3.63, 3.8) is 0 Å². The van der Waals surface area contributed by atoms with Gasteiger partial charge in [0.2, 0.25) is 0 Å². The maximum absolute atomic E-state index is 12.8. The van der Waals surface area contributed by atoms with Crippen molar-refractivity contribution in [1.29, 1.82) is 0 Å². The zero-order chi connectivity index (χ0) is 17.8. The summed E-state index contributed by atoms with van der Waals surface area (Å²) in [6, 6.07) is 5.43. The van der Waals surface area contributed by atoms with Gasteiger partial charge in [0.25, 0.3) is 5.91 Å². The number of ether oxygens (including phenoxy) is 3. The molecule has 0 spiro atoms. The molecule has 1 aromatic rings. The Morgan fingerprint density at radius 3 is 2.50 bits per heavy atom. The number of quaternary nitrogens is 1. The predicted molar refractivity (Wildman–Crippen MR) is 97.1 cm³/mol. The summed E-state index contributed by atoms with van der Waals surface area (Å²) in [5.41, 5.74) is 0.795. The molecule has 0 radical (unpaired) electrons. The van der Waals surface area contributed by atoms with Crippen LogP contribution in [0.3, 0.4) is 0 Å². The molecule has 1 amide bonds. The molecule has 6 nitrogen and oxygen atoms in total. The highest BCUT2D eigenvalue weighted by atomic mass is 16.6. The summed E-state index contributed by atoms with van der Waals surface area (Å²) < 4.78 is 16.7. The highest BCUT2D eigenvalue weighted by Gasteiger charge is 2.42. The van der Waals surface area contributed by atoms with Crippen molar-refractivity contribution in [3.05, 3.63) is 23.8 Å². The van der Waals surface area contributed by atoms with Gasteiger partial charge in [-0.2, -0.15) is 0 Å². The molecule has 4 rings (SSSR count). The summed E-state index contributed by atoms with van der Waals surface area (Å²) in [5.74, 6) is 1.35. The lowest BCUT2D eigenvalue weighted by atomic mass is 9.79. The molecule has 26 heavy (non-hydrogen) atoms. The molecule has 2 heterocycles. The molecule has 2 aliphatic heterocycles. The monoisotopic (exact) mass is 361 g/mol. The van der Waals surface area contributed by atoms with E-state index in [1.54, 1.807) is 11.0 Å². The molecule has 1 aromatic carbocycles. The molecule has 6 heteroatoms. The van der Waals surface area contributed by atoms with Crippen molar-refractivity contribution >= 4 is 5.91 Å². The number of nitrogens with one attached hydrogen (secondary N) is 2. The lowest BCUT2D eigenvalue weighted by Gasteiger charge is -2.45. The van der Waals surface area contributed by atoms with Crippen molar-refractivity contribution in [1.82, 2.24) is 5.32 Å². The summed E-state index contributed by atoms with van der Waals surface area (Å²) in [5, 5.41) is 3.22. The average Bonchev–Trinajstić information content (AvgIpc) is 2.73. The number of rotatable bonds is 4. The van der Waals surface area contributed by atoms with E-state index in [-0.39, 0.29) is 11.4 Å². The van der Waals surface area contributed by atoms with E-state index in [0.29, 0.717) is 30.3 Å². The molecule has 1 aliphatic carbocycles. The van der Waals surface area contributed by atoms with Gasteiger partial charge in [-0.05, 0) is 31.0 Å². The molecule has 2 N–H and O–H groups in total. The van der Waals surface area contributed by atoms with Gasteiger partial charge in [-0.1, -0.05) is 6.42 Å². The van der Waals surface area contributed by atoms with E-state index in [2.05, 4.69) is 5.32 Å². The molecule has 1 saturated heterocycles. The van der Waals surface area contributed by atoms with E-state index < -0.39 is 0 Å². The van der Waals surface area contributed by atoms with E-state index in [1.807, 2.05) is 12.1 Å². The first-order valence-electron chi connectivity index (χ1n) is 9.88. The van der Waals surface area contributed by atoms with E-state index in [9.17, 15) is 4.79 Å². The summed E-state index contributed by atoms with van der Waals surface area (Å²) in [4.78, 5) is 14.4. The van der Waals surface area contributed by atoms with Gasteiger partial charge in [0.15, 0.2) is 11.5 Å². The molecular formula is C20H29N2O4+. The molecule has 0 bridgehead atoms. The number of fused-ring (bicyclic) bond motifs is 1.